The van der Waals surface area contributed by atoms with E-state index in [1.807, 2.05) is 0 Å². The molecule has 1 saturated heterocycles. The third-order valence-electron chi connectivity index (χ3n) is 2.47. The lowest BCUT2D eigenvalue weighted by Gasteiger charge is -2.23. The van der Waals surface area contributed by atoms with Crippen LogP contribution in [0.25, 0.3) is 0 Å². The fourth-order valence-corrected chi connectivity index (χ4v) is 2.17. The predicted molar refractivity (Wildman–Crippen MR) is 61.4 cm³/mol. The maximum absolute atomic E-state index is 10.7. The number of sulfonamides is 1. The minimum atomic E-state index is -3.04. The molecule has 0 saturated carbocycles. The lowest BCUT2D eigenvalue weighted by molar-refractivity contribution is 0.384. The molecule has 1 heterocycles. The Balaban J connectivity index is 1.96. The molecule has 1 fully saturated rings. The number of hydrogen-bond donors (Lipinski definition) is 3. The number of piperidine rings is 1. The van der Waals surface area contributed by atoms with Gasteiger partial charge in [0.15, 0.2) is 0 Å². The summed E-state index contributed by atoms with van der Waals surface area (Å²) in [5.41, 5.74) is 0. The SMILES string of the molecule is CS(=O)(=O)NCCNCC1CCCCN1. The van der Waals surface area contributed by atoms with Gasteiger partial charge in [-0.05, 0) is 19.4 Å². The fourth-order valence-electron chi connectivity index (χ4n) is 1.70. The Labute approximate surface area is 92.1 Å². The van der Waals surface area contributed by atoms with Gasteiger partial charge in [-0.25, -0.2) is 13.1 Å². The first-order chi connectivity index (χ1) is 7.08. The van der Waals surface area contributed by atoms with Gasteiger partial charge in [-0.1, -0.05) is 6.42 Å². The van der Waals surface area contributed by atoms with Crippen LogP contribution in [0.3, 0.4) is 0 Å². The second-order valence-electron chi connectivity index (χ2n) is 4.02. The Morgan fingerprint density at radius 3 is 2.73 bits per heavy atom. The maximum atomic E-state index is 10.7. The quantitative estimate of drug-likeness (QED) is 0.531. The van der Waals surface area contributed by atoms with Crippen LogP contribution in [0.4, 0.5) is 0 Å². The molecule has 90 valence electrons. The molecule has 0 spiro atoms. The summed E-state index contributed by atoms with van der Waals surface area (Å²) in [7, 11) is -3.04. The molecule has 1 aliphatic heterocycles. The monoisotopic (exact) mass is 235 g/mol. The highest BCUT2D eigenvalue weighted by molar-refractivity contribution is 7.88. The highest BCUT2D eigenvalue weighted by atomic mass is 32.2. The fraction of sp³-hybridized carbons (Fsp3) is 1.00. The minimum Gasteiger partial charge on any atom is -0.314 e. The first-order valence-corrected chi connectivity index (χ1v) is 7.36. The third kappa shape index (κ3) is 6.83. The predicted octanol–water partition coefficient (Wildman–Crippen LogP) is -0.733. The second-order valence-corrected chi connectivity index (χ2v) is 5.85. The Hall–Kier alpha value is -0.170. The molecule has 15 heavy (non-hydrogen) atoms. The van der Waals surface area contributed by atoms with Crippen molar-refractivity contribution in [3.8, 4) is 0 Å². The van der Waals surface area contributed by atoms with Crippen molar-refractivity contribution >= 4 is 10.0 Å². The van der Waals surface area contributed by atoms with Gasteiger partial charge >= 0.3 is 0 Å². The Kier molecular flexibility index (Phi) is 5.52. The van der Waals surface area contributed by atoms with Crippen LogP contribution in [0.2, 0.25) is 0 Å². The number of nitrogens with one attached hydrogen (secondary N) is 3. The molecular weight excluding hydrogens is 214 g/mol. The van der Waals surface area contributed by atoms with E-state index in [9.17, 15) is 8.42 Å². The van der Waals surface area contributed by atoms with Gasteiger partial charge in [-0.3, -0.25) is 0 Å². The summed E-state index contributed by atoms with van der Waals surface area (Å²) >= 11 is 0. The molecule has 6 heteroatoms. The second kappa shape index (κ2) is 6.42. The number of rotatable bonds is 6. The van der Waals surface area contributed by atoms with Crippen molar-refractivity contribution in [1.29, 1.82) is 0 Å². The summed E-state index contributed by atoms with van der Waals surface area (Å²) in [6.45, 7) is 3.18. The van der Waals surface area contributed by atoms with Gasteiger partial charge in [0.25, 0.3) is 0 Å². The van der Waals surface area contributed by atoms with Crippen LogP contribution < -0.4 is 15.4 Å². The zero-order chi connectivity index (χ0) is 11.1. The summed E-state index contributed by atoms with van der Waals surface area (Å²) in [6.07, 6.45) is 4.95. The van der Waals surface area contributed by atoms with Crippen molar-refractivity contribution < 1.29 is 8.42 Å². The van der Waals surface area contributed by atoms with E-state index in [4.69, 9.17) is 0 Å². The molecule has 0 radical (unpaired) electrons. The zero-order valence-electron chi connectivity index (χ0n) is 9.25. The molecule has 0 bridgehead atoms. The van der Waals surface area contributed by atoms with Gasteiger partial charge in [0.05, 0.1) is 6.26 Å². The Bertz CT molecular complexity index is 261. The van der Waals surface area contributed by atoms with Crippen LogP contribution >= 0.6 is 0 Å². The molecule has 5 nitrogen and oxygen atoms in total. The van der Waals surface area contributed by atoms with E-state index in [2.05, 4.69) is 15.4 Å². The topological polar surface area (TPSA) is 70.2 Å². The van der Waals surface area contributed by atoms with Crippen LogP contribution in [-0.2, 0) is 10.0 Å². The van der Waals surface area contributed by atoms with E-state index in [1.54, 1.807) is 0 Å². The lowest BCUT2D eigenvalue weighted by Crippen LogP contribution is -2.43. The van der Waals surface area contributed by atoms with Crippen molar-refractivity contribution in [3.05, 3.63) is 0 Å². The van der Waals surface area contributed by atoms with Gasteiger partial charge in [0, 0.05) is 25.7 Å². The Morgan fingerprint density at radius 2 is 2.13 bits per heavy atom. The third-order valence-corrected chi connectivity index (χ3v) is 3.20. The van der Waals surface area contributed by atoms with E-state index in [-0.39, 0.29) is 0 Å². The zero-order valence-corrected chi connectivity index (χ0v) is 10.1. The highest BCUT2D eigenvalue weighted by Gasteiger charge is 2.11. The van der Waals surface area contributed by atoms with Crippen LogP contribution in [0, 0.1) is 0 Å². The first-order valence-electron chi connectivity index (χ1n) is 5.47. The molecule has 0 aliphatic carbocycles. The minimum absolute atomic E-state index is 0.464. The van der Waals surface area contributed by atoms with Crippen molar-refractivity contribution in [2.45, 2.75) is 25.3 Å². The normalized spacial score (nSPS) is 22.9. The van der Waals surface area contributed by atoms with Gasteiger partial charge in [-0.2, -0.15) is 0 Å². The van der Waals surface area contributed by atoms with Crippen LogP contribution in [0.5, 0.6) is 0 Å². The highest BCUT2D eigenvalue weighted by Crippen LogP contribution is 2.05. The summed E-state index contributed by atoms with van der Waals surface area (Å²) in [5, 5.41) is 6.66. The molecule has 0 amide bonds. The van der Waals surface area contributed by atoms with Crippen LogP contribution in [0.1, 0.15) is 19.3 Å². The average molecular weight is 235 g/mol. The molecule has 1 aliphatic rings. The van der Waals surface area contributed by atoms with Gasteiger partial charge in [0.2, 0.25) is 10.0 Å². The standard InChI is InChI=1S/C9H21N3O2S/c1-15(13,14)12-7-6-10-8-9-4-2-3-5-11-9/h9-12H,2-8H2,1H3. The van der Waals surface area contributed by atoms with Gasteiger partial charge in [0.1, 0.15) is 0 Å². The largest absolute Gasteiger partial charge is 0.314 e. The average Bonchev–Trinajstić information content (AvgIpc) is 2.17. The molecule has 3 N–H and O–H groups in total. The Morgan fingerprint density at radius 1 is 1.33 bits per heavy atom. The first kappa shape index (κ1) is 12.9. The summed E-state index contributed by atoms with van der Waals surface area (Å²) in [6, 6.07) is 0.553. The molecule has 0 aromatic heterocycles. The van der Waals surface area contributed by atoms with Crippen LogP contribution in [0.15, 0.2) is 0 Å². The van der Waals surface area contributed by atoms with Crippen molar-refractivity contribution in [2.75, 3.05) is 32.4 Å². The van der Waals surface area contributed by atoms with Crippen LogP contribution in [-0.4, -0.2) is 46.9 Å². The van der Waals surface area contributed by atoms with E-state index < -0.39 is 10.0 Å². The smallest absolute Gasteiger partial charge is 0.208 e. The number of hydrogen-bond acceptors (Lipinski definition) is 4. The molecule has 0 aromatic carbocycles. The van der Waals surface area contributed by atoms with Crippen molar-refractivity contribution in [1.82, 2.24) is 15.4 Å². The molecule has 0 aromatic rings. The van der Waals surface area contributed by atoms with E-state index in [0.717, 1.165) is 13.1 Å². The lowest BCUT2D eigenvalue weighted by atomic mass is 10.1. The summed E-state index contributed by atoms with van der Waals surface area (Å²) < 4.78 is 23.9. The maximum Gasteiger partial charge on any atom is 0.208 e. The molecule has 1 rings (SSSR count). The molecule has 1 atom stereocenters. The van der Waals surface area contributed by atoms with Gasteiger partial charge < -0.3 is 10.6 Å². The molecular formula is C9H21N3O2S. The van der Waals surface area contributed by atoms with E-state index in [0.29, 0.717) is 19.1 Å². The summed E-state index contributed by atoms with van der Waals surface area (Å²) in [5.74, 6) is 0. The van der Waals surface area contributed by atoms with E-state index >= 15 is 0 Å². The van der Waals surface area contributed by atoms with Crippen molar-refractivity contribution in [2.24, 2.45) is 0 Å². The molecule has 1 unspecified atom stereocenters. The summed E-state index contributed by atoms with van der Waals surface area (Å²) in [4.78, 5) is 0. The van der Waals surface area contributed by atoms with E-state index in [1.165, 1.54) is 25.5 Å². The van der Waals surface area contributed by atoms with Gasteiger partial charge in [-0.15, -0.1) is 0 Å². The van der Waals surface area contributed by atoms with Crippen molar-refractivity contribution in [3.63, 3.8) is 0 Å².